The van der Waals surface area contributed by atoms with Crippen LogP contribution in [0.2, 0.25) is 0 Å². The van der Waals surface area contributed by atoms with E-state index in [0.717, 1.165) is 17.3 Å². The highest BCUT2D eigenvalue weighted by Crippen LogP contribution is 2.18. The molecular formula is C16H21N3O5S2. The lowest BCUT2D eigenvalue weighted by Crippen LogP contribution is -2.45. The van der Waals surface area contributed by atoms with Gasteiger partial charge >= 0.3 is 0 Å². The molecule has 0 radical (unpaired) electrons. The lowest BCUT2D eigenvalue weighted by atomic mass is 10.1. The van der Waals surface area contributed by atoms with Crippen molar-refractivity contribution in [1.29, 1.82) is 0 Å². The number of benzene rings is 1. The Bertz CT molecular complexity index is 795. The van der Waals surface area contributed by atoms with Crippen molar-refractivity contribution < 1.29 is 22.8 Å². The molecule has 142 valence electrons. The molecule has 0 aliphatic carbocycles. The standard InChI is InChI=1S/C16H21N3O5S2/c1-11-3-2-4-13(7-11)17-14(20)8-25-9-15(21)18-19-16(22)12-5-6-26(23,24)10-12/h2-4,7,12H,5-6,8-10H2,1H3,(H,17,20)(H,18,21)(H,19,22)/t12-/m1/s1. The van der Waals surface area contributed by atoms with Crippen LogP contribution in [0, 0.1) is 12.8 Å². The van der Waals surface area contributed by atoms with Crippen LogP contribution in [0.3, 0.4) is 0 Å². The molecule has 0 unspecified atom stereocenters. The van der Waals surface area contributed by atoms with E-state index in [-0.39, 0.29) is 35.3 Å². The van der Waals surface area contributed by atoms with Gasteiger partial charge in [0, 0.05) is 5.69 Å². The molecule has 0 saturated carbocycles. The molecule has 1 aliphatic rings. The molecule has 1 aromatic carbocycles. The summed E-state index contributed by atoms with van der Waals surface area (Å²) in [6.07, 6.45) is 0.262. The van der Waals surface area contributed by atoms with Crippen molar-refractivity contribution in [1.82, 2.24) is 10.9 Å². The number of sulfone groups is 1. The maximum Gasteiger partial charge on any atom is 0.248 e. The highest BCUT2D eigenvalue weighted by atomic mass is 32.2. The maximum absolute atomic E-state index is 11.8. The Balaban J connectivity index is 1.63. The van der Waals surface area contributed by atoms with Crippen molar-refractivity contribution in [3.05, 3.63) is 29.8 Å². The Morgan fingerprint density at radius 2 is 1.88 bits per heavy atom. The summed E-state index contributed by atoms with van der Waals surface area (Å²) in [6.45, 7) is 1.92. The SMILES string of the molecule is Cc1cccc(NC(=O)CSCC(=O)NNC(=O)[C@@H]2CCS(=O)(=O)C2)c1. The first-order chi connectivity index (χ1) is 12.2. The first kappa shape index (κ1) is 20.2. The fourth-order valence-electron chi connectivity index (χ4n) is 2.43. The second kappa shape index (κ2) is 9.04. The van der Waals surface area contributed by atoms with Crippen LogP contribution in [0.1, 0.15) is 12.0 Å². The average Bonchev–Trinajstić information content (AvgIpc) is 2.92. The first-order valence-corrected chi connectivity index (χ1v) is 11.0. The van der Waals surface area contributed by atoms with Gasteiger partial charge in [-0.3, -0.25) is 25.2 Å². The molecule has 3 amide bonds. The van der Waals surface area contributed by atoms with Gasteiger partial charge in [-0.05, 0) is 31.0 Å². The first-order valence-electron chi connectivity index (χ1n) is 7.98. The molecule has 10 heteroatoms. The molecule has 0 aromatic heterocycles. The third-order valence-electron chi connectivity index (χ3n) is 3.70. The Morgan fingerprint density at radius 1 is 1.15 bits per heavy atom. The topological polar surface area (TPSA) is 121 Å². The normalized spacial score (nSPS) is 18.1. The molecule has 1 aromatic rings. The number of thioether (sulfide) groups is 1. The summed E-state index contributed by atoms with van der Waals surface area (Å²) in [5.74, 6) is -1.95. The van der Waals surface area contributed by atoms with Crippen molar-refractivity contribution in [2.75, 3.05) is 28.3 Å². The summed E-state index contributed by atoms with van der Waals surface area (Å²) in [5, 5.41) is 2.73. The maximum atomic E-state index is 11.8. The van der Waals surface area contributed by atoms with Gasteiger partial charge < -0.3 is 5.32 Å². The quantitative estimate of drug-likeness (QED) is 0.590. The molecule has 1 saturated heterocycles. The van der Waals surface area contributed by atoms with Gasteiger partial charge in [-0.1, -0.05) is 12.1 Å². The predicted molar refractivity (Wildman–Crippen MR) is 100 cm³/mol. The van der Waals surface area contributed by atoms with E-state index in [0.29, 0.717) is 5.69 Å². The van der Waals surface area contributed by atoms with Crippen LogP contribution in [-0.2, 0) is 24.2 Å². The molecule has 1 atom stereocenters. The number of nitrogens with one attached hydrogen (secondary N) is 3. The Hall–Kier alpha value is -2.07. The van der Waals surface area contributed by atoms with Crippen LogP contribution in [0.5, 0.6) is 0 Å². The molecular weight excluding hydrogens is 378 g/mol. The van der Waals surface area contributed by atoms with Crippen LogP contribution in [0.4, 0.5) is 5.69 Å². The van der Waals surface area contributed by atoms with Crippen LogP contribution >= 0.6 is 11.8 Å². The van der Waals surface area contributed by atoms with Gasteiger partial charge in [-0.15, -0.1) is 11.8 Å². The van der Waals surface area contributed by atoms with Crippen molar-refractivity contribution in [2.24, 2.45) is 5.92 Å². The number of hydrogen-bond acceptors (Lipinski definition) is 6. The van der Waals surface area contributed by atoms with E-state index in [9.17, 15) is 22.8 Å². The van der Waals surface area contributed by atoms with E-state index in [4.69, 9.17) is 0 Å². The van der Waals surface area contributed by atoms with Crippen LogP contribution in [0.25, 0.3) is 0 Å². The lowest BCUT2D eigenvalue weighted by molar-refractivity contribution is -0.129. The number of hydrogen-bond donors (Lipinski definition) is 3. The molecule has 2 rings (SSSR count). The third kappa shape index (κ3) is 6.68. The molecule has 1 fully saturated rings. The van der Waals surface area contributed by atoms with Crippen molar-refractivity contribution in [3.8, 4) is 0 Å². The zero-order valence-electron chi connectivity index (χ0n) is 14.3. The van der Waals surface area contributed by atoms with E-state index in [2.05, 4.69) is 16.2 Å². The second-order valence-corrected chi connectivity index (χ2v) is 9.26. The number of aryl methyl sites for hydroxylation is 1. The second-order valence-electron chi connectivity index (χ2n) is 6.05. The summed E-state index contributed by atoms with van der Waals surface area (Å²) >= 11 is 1.11. The minimum absolute atomic E-state index is 0.00899. The minimum atomic E-state index is -3.15. The van der Waals surface area contributed by atoms with Gasteiger partial charge in [0.15, 0.2) is 9.84 Å². The number of carbonyl (C=O) groups is 3. The largest absolute Gasteiger partial charge is 0.325 e. The van der Waals surface area contributed by atoms with Gasteiger partial charge in [0.1, 0.15) is 0 Å². The van der Waals surface area contributed by atoms with E-state index in [1.807, 2.05) is 25.1 Å². The number of hydrazine groups is 1. The van der Waals surface area contributed by atoms with Crippen molar-refractivity contribution >= 4 is 45.0 Å². The van der Waals surface area contributed by atoms with Gasteiger partial charge in [0.25, 0.3) is 0 Å². The molecule has 1 heterocycles. The molecule has 3 N–H and O–H groups in total. The number of rotatable bonds is 6. The summed E-state index contributed by atoms with van der Waals surface area (Å²) in [7, 11) is -3.15. The highest BCUT2D eigenvalue weighted by molar-refractivity contribution is 8.00. The fourth-order valence-corrected chi connectivity index (χ4v) is 4.79. The van der Waals surface area contributed by atoms with Gasteiger partial charge in [0.05, 0.1) is 28.9 Å². The Morgan fingerprint density at radius 3 is 2.54 bits per heavy atom. The third-order valence-corrected chi connectivity index (χ3v) is 6.40. The number of anilines is 1. The van der Waals surface area contributed by atoms with Crippen LogP contribution < -0.4 is 16.2 Å². The van der Waals surface area contributed by atoms with Crippen LogP contribution in [-0.4, -0.2) is 49.2 Å². The van der Waals surface area contributed by atoms with Gasteiger partial charge in [0.2, 0.25) is 17.7 Å². The molecule has 1 aliphatic heterocycles. The fraction of sp³-hybridized carbons (Fsp3) is 0.438. The number of carbonyl (C=O) groups excluding carboxylic acids is 3. The summed E-state index contributed by atoms with van der Waals surface area (Å²) < 4.78 is 22.7. The zero-order chi connectivity index (χ0) is 19.2. The molecule has 0 spiro atoms. The number of amides is 3. The Kier molecular flexibility index (Phi) is 7.04. The van der Waals surface area contributed by atoms with E-state index < -0.39 is 27.6 Å². The summed E-state index contributed by atoms with van der Waals surface area (Å²) in [6, 6.07) is 7.38. The molecule has 26 heavy (non-hydrogen) atoms. The predicted octanol–water partition coefficient (Wildman–Crippen LogP) is 0.249. The van der Waals surface area contributed by atoms with Gasteiger partial charge in [-0.25, -0.2) is 8.42 Å². The van der Waals surface area contributed by atoms with Crippen molar-refractivity contribution in [2.45, 2.75) is 13.3 Å². The van der Waals surface area contributed by atoms with E-state index >= 15 is 0 Å². The molecule has 8 nitrogen and oxygen atoms in total. The highest BCUT2D eigenvalue weighted by Gasteiger charge is 2.33. The lowest BCUT2D eigenvalue weighted by Gasteiger charge is -2.10. The van der Waals surface area contributed by atoms with E-state index in [1.54, 1.807) is 6.07 Å². The average molecular weight is 399 g/mol. The monoisotopic (exact) mass is 399 g/mol. The minimum Gasteiger partial charge on any atom is -0.325 e. The summed E-state index contributed by atoms with van der Waals surface area (Å²) in [4.78, 5) is 35.3. The van der Waals surface area contributed by atoms with Crippen LogP contribution in [0.15, 0.2) is 24.3 Å². The Labute approximate surface area is 156 Å². The van der Waals surface area contributed by atoms with Gasteiger partial charge in [-0.2, -0.15) is 0 Å². The molecule has 0 bridgehead atoms. The van der Waals surface area contributed by atoms with Crippen molar-refractivity contribution in [3.63, 3.8) is 0 Å². The smallest absolute Gasteiger partial charge is 0.248 e. The zero-order valence-corrected chi connectivity index (χ0v) is 15.9. The van der Waals surface area contributed by atoms with E-state index in [1.165, 1.54) is 0 Å². The summed E-state index contributed by atoms with van der Waals surface area (Å²) in [5.41, 5.74) is 6.18.